The highest BCUT2D eigenvalue weighted by Gasteiger charge is 2.41. The van der Waals surface area contributed by atoms with E-state index in [1.165, 1.54) is 45.5 Å². The molecule has 0 saturated carbocycles. The fraction of sp³-hybridized carbons (Fsp3) is 0.345. The predicted molar refractivity (Wildman–Crippen MR) is 153 cm³/mol. The molecule has 1 aliphatic rings. The summed E-state index contributed by atoms with van der Waals surface area (Å²) < 4.78 is 80.9. The zero-order valence-corrected chi connectivity index (χ0v) is 25.0. The smallest absolute Gasteiger partial charge is 0.490 e. The molecule has 0 atom stereocenters. The van der Waals surface area contributed by atoms with Crippen molar-refractivity contribution >= 4 is 27.7 Å². The monoisotopic (exact) mass is 636 g/mol. The van der Waals surface area contributed by atoms with Crippen LogP contribution in [0.4, 0.5) is 13.2 Å². The number of nitrogens with one attached hydrogen (secondary N) is 2. The Morgan fingerprint density at radius 1 is 1.16 bits per heavy atom. The van der Waals surface area contributed by atoms with Crippen molar-refractivity contribution in [3.8, 4) is 5.75 Å². The number of benzene rings is 2. The molecule has 1 aliphatic heterocycles. The average Bonchev–Trinajstić information content (AvgIpc) is 3.68. The molecule has 0 aliphatic carbocycles. The Hall–Kier alpha value is -4.37. The molecule has 0 spiro atoms. The van der Waals surface area contributed by atoms with Crippen molar-refractivity contribution in [3.63, 3.8) is 0 Å². The third kappa shape index (κ3) is 7.77. The van der Waals surface area contributed by atoms with E-state index in [9.17, 15) is 31.2 Å². The van der Waals surface area contributed by atoms with Crippen LogP contribution < -0.4 is 15.4 Å². The minimum absolute atomic E-state index is 0.150. The number of amides is 1. The summed E-state index contributed by atoms with van der Waals surface area (Å²) in [5.74, 6) is -1.69. The molecular formula is C29H31F3N4O7S. The quantitative estimate of drug-likeness (QED) is 0.289. The fourth-order valence-electron chi connectivity index (χ4n) is 4.52. The first-order valence-corrected chi connectivity index (χ1v) is 14.8. The number of rotatable bonds is 12. The number of furan rings is 1. The second kappa shape index (κ2) is 13.5. The van der Waals surface area contributed by atoms with E-state index in [1.807, 2.05) is 24.3 Å². The Balaban J connectivity index is 1.38. The highest BCUT2D eigenvalue weighted by atomic mass is 32.2. The van der Waals surface area contributed by atoms with Crippen LogP contribution >= 0.6 is 0 Å². The highest BCUT2D eigenvalue weighted by Crippen LogP contribution is 2.30. The van der Waals surface area contributed by atoms with Gasteiger partial charge in [0.2, 0.25) is 10.0 Å². The largest absolute Gasteiger partial charge is 0.497 e. The summed E-state index contributed by atoms with van der Waals surface area (Å²) in [7, 11) is -1.80. The Bertz CT molecular complexity index is 1650. The normalized spacial score (nSPS) is 13.4. The molecule has 4 rings (SSSR count). The number of carbonyl (C=O) groups excluding carboxylic acids is 2. The summed E-state index contributed by atoms with van der Waals surface area (Å²) in [5.41, 5.74) is 2.16. The van der Waals surface area contributed by atoms with Crippen molar-refractivity contribution < 1.29 is 45.1 Å². The lowest BCUT2D eigenvalue weighted by atomic mass is 10.1. The zero-order valence-electron chi connectivity index (χ0n) is 24.2. The van der Waals surface area contributed by atoms with E-state index >= 15 is 0 Å². The number of aryl methyl sites for hydroxylation is 1. The standard InChI is InChI=1S/C29H31F3N4O7S/c1-18-12-23(41-3)13-21(16-43-28(38)29(30,31)32)25(18)44(39,40)36(2)15-24-14-22(17-42-24)27(37)35-9-8-19-4-6-20(7-5-19)26-33-10-11-34-26/h4-7,12-14,17H,8-11,15-16H2,1-3H3,(H,33,34)(H,35,37). The molecule has 2 aromatic carbocycles. The molecule has 3 aromatic rings. The molecule has 0 bridgehead atoms. The lowest BCUT2D eigenvalue weighted by Gasteiger charge is -2.21. The summed E-state index contributed by atoms with van der Waals surface area (Å²) in [5, 5.41) is 6.01. The molecule has 2 N–H and O–H groups in total. The number of alkyl halides is 3. The number of methoxy groups -OCH3 is 1. The molecule has 0 fully saturated rings. The number of ether oxygens (including phenoxy) is 2. The van der Waals surface area contributed by atoms with Gasteiger partial charge in [-0.2, -0.15) is 17.5 Å². The van der Waals surface area contributed by atoms with Crippen LogP contribution in [0.5, 0.6) is 5.75 Å². The van der Waals surface area contributed by atoms with Crippen LogP contribution in [-0.4, -0.2) is 70.4 Å². The van der Waals surface area contributed by atoms with Gasteiger partial charge in [-0.15, -0.1) is 0 Å². The van der Waals surface area contributed by atoms with Crippen LogP contribution in [0.1, 0.15) is 38.4 Å². The van der Waals surface area contributed by atoms with Gasteiger partial charge in [-0.05, 0) is 42.7 Å². The summed E-state index contributed by atoms with van der Waals surface area (Å²) in [6.45, 7) is 2.10. The fourth-order valence-corrected chi connectivity index (χ4v) is 6.04. The lowest BCUT2D eigenvalue weighted by molar-refractivity contribution is -0.201. The highest BCUT2D eigenvalue weighted by molar-refractivity contribution is 7.89. The van der Waals surface area contributed by atoms with Crippen LogP contribution in [0.25, 0.3) is 0 Å². The van der Waals surface area contributed by atoms with Crippen LogP contribution in [0.3, 0.4) is 0 Å². The van der Waals surface area contributed by atoms with Crippen molar-refractivity contribution in [1.29, 1.82) is 0 Å². The van der Waals surface area contributed by atoms with Gasteiger partial charge in [-0.3, -0.25) is 9.79 Å². The van der Waals surface area contributed by atoms with Crippen LogP contribution in [0.15, 0.2) is 63.0 Å². The van der Waals surface area contributed by atoms with Crippen LogP contribution in [0, 0.1) is 6.92 Å². The molecule has 44 heavy (non-hydrogen) atoms. The average molecular weight is 637 g/mol. The maximum atomic E-state index is 13.5. The topological polar surface area (TPSA) is 140 Å². The van der Waals surface area contributed by atoms with E-state index in [4.69, 9.17) is 9.15 Å². The molecule has 0 unspecified atom stereocenters. The first-order chi connectivity index (χ1) is 20.8. The summed E-state index contributed by atoms with van der Waals surface area (Å²) >= 11 is 0. The number of sulfonamides is 1. The van der Waals surface area contributed by atoms with Crippen molar-refractivity contribution in [3.05, 3.63) is 82.3 Å². The lowest BCUT2D eigenvalue weighted by Crippen LogP contribution is -2.29. The number of aliphatic imine (C=N–C) groups is 1. The second-order valence-corrected chi connectivity index (χ2v) is 11.9. The first-order valence-electron chi connectivity index (χ1n) is 13.4. The Morgan fingerprint density at radius 3 is 2.52 bits per heavy atom. The number of esters is 1. The number of amidine groups is 1. The first kappa shape index (κ1) is 32.5. The molecule has 1 amide bonds. The van der Waals surface area contributed by atoms with Gasteiger partial charge in [0, 0.05) is 31.3 Å². The SMILES string of the molecule is COc1cc(C)c(S(=O)(=O)N(C)Cc2cc(C(=O)NCCc3ccc(C4=NCCN4)cc3)co2)c(COC(=O)C(F)(F)F)c1. The van der Waals surface area contributed by atoms with E-state index in [0.29, 0.717) is 13.0 Å². The van der Waals surface area contributed by atoms with Crippen molar-refractivity contribution in [1.82, 2.24) is 14.9 Å². The number of hydrogen-bond acceptors (Lipinski definition) is 9. The molecule has 0 saturated heterocycles. The molecule has 15 heteroatoms. The van der Waals surface area contributed by atoms with Gasteiger partial charge in [0.25, 0.3) is 5.91 Å². The molecular weight excluding hydrogens is 605 g/mol. The van der Waals surface area contributed by atoms with Gasteiger partial charge in [0.1, 0.15) is 30.2 Å². The van der Waals surface area contributed by atoms with Gasteiger partial charge < -0.3 is 24.5 Å². The van der Waals surface area contributed by atoms with E-state index in [1.54, 1.807) is 0 Å². The van der Waals surface area contributed by atoms with Gasteiger partial charge in [0.15, 0.2) is 0 Å². The summed E-state index contributed by atoms with van der Waals surface area (Å²) in [6, 6.07) is 11.8. The maximum Gasteiger partial charge on any atom is 0.490 e. The Kier molecular flexibility index (Phi) is 9.99. The Labute approximate surface area is 252 Å². The van der Waals surface area contributed by atoms with E-state index < -0.39 is 34.7 Å². The van der Waals surface area contributed by atoms with Crippen molar-refractivity contribution in [2.24, 2.45) is 4.99 Å². The number of nitrogens with zero attached hydrogens (tertiary/aromatic N) is 2. The minimum atomic E-state index is -5.25. The van der Waals surface area contributed by atoms with E-state index in [0.717, 1.165) is 34.4 Å². The molecule has 2 heterocycles. The van der Waals surface area contributed by atoms with Crippen LogP contribution in [-0.2, 0) is 39.1 Å². The number of hydrogen-bond donors (Lipinski definition) is 2. The predicted octanol–water partition coefficient (Wildman–Crippen LogP) is 3.35. The molecule has 236 valence electrons. The maximum absolute atomic E-state index is 13.5. The number of halogens is 3. The van der Waals surface area contributed by atoms with Crippen LogP contribution in [0.2, 0.25) is 0 Å². The third-order valence-electron chi connectivity index (χ3n) is 6.71. The molecule has 11 nitrogen and oxygen atoms in total. The van der Waals surface area contributed by atoms with E-state index in [2.05, 4.69) is 20.4 Å². The minimum Gasteiger partial charge on any atom is -0.497 e. The zero-order chi connectivity index (χ0) is 32.1. The van der Waals surface area contributed by atoms with Crippen molar-refractivity contribution in [2.75, 3.05) is 33.8 Å². The summed E-state index contributed by atoms with van der Waals surface area (Å²) in [6.07, 6.45) is -3.46. The number of carbonyl (C=O) groups is 2. The van der Waals surface area contributed by atoms with Crippen molar-refractivity contribution in [2.45, 2.75) is 37.6 Å². The van der Waals surface area contributed by atoms with Gasteiger partial charge in [-0.1, -0.05) is 24.3 Å². The van der Waals surface area contributed by atoms with E-state index in [-0.39, 0.29) is 39.6 Å². The molecule has 0 radical (unpaired) electrons. The third-order valence-corrected chi connectivity index (χ3v) is 8.76. The molecule has 1 aromatic heterocycles. The Morgan fingerprint density at radius 2 is 1.89 bits per heavy atom. The van der Waals surface area contributed by atoms with Gasteiger partial charge >= 0.3 is 12.1 Å². The summed E-state index contributed by atoms with van der Waals surface area (Å²) in [4.78, 5) is 28.0. The second-order valence-electron chi connectivity index (χ2n) is 9.93. The van der Waals surface area contributed by atoms with Gasteiger partial charge in [0.05, 0.1) is 30.7 Å². The van der Waals surface area contributed by atoms with Gasteiger partial charge in [-0.25, -0.2) is 13.2 Å².